The Hall–Kier alpha value is -3.31. The maximum absolute atomic E-state index is 13.6. The van der Waals surface area contributed by atoms with Crippen LogP contribution in [0.25, 0.3) is 0 Å². The summed E-state index contributed by atoms with van der Waals surface area (Å²) in [5.74, 6) is 1.56. The number of hydrogen-bond donors (Lipinski definition) is 1. The van der Waals surface area contributed by atoms with Crippen molar-refractivity contribution in [3.63, 3.8) is 0 Å². The van der Waals surface area contributed by atoms with Crippen molar-refractivity contribution < 1.29 is 14.3 Å². The molecule has 0 radical (unpaired) electrons. The van der Waals surface area contributed by atoms with Crippen molar-refractivity contribution in [3.8, 4) is 11.5 Å². The molecule has 0 spiro atoms. The molecule has 1 amide bonds. The molecule has 0 saturated heterocycles. The molecule has 0 bridgehead atoms. The van der Waals surface area contributed by atoms with Crippen molar-refractivity contribution in [2.75, 3.05) is 20.8 Å². The quantitative estimate of drug-likeness (QED) is 0.587. The number of amides is 1. The van der Waals surface area contributed by atoms with Crippen LogP contribution in [0.2, 0.25) is 0 Å². The fraction of sp³-hybridized carbons (Fsp3) is 0.296. The molecule has 0 aromatic heterocycles. The maximum atomic E-state index is 13.6. The summed E-state index contributed by atoms with van der Waals surface area (Å²) >= 11 is 0. The van der Waals surface area contributed by atoms with Gasteiger partial charge < -0.3 is 19.7 Å². The predicted molar refractivity (Wildman–Crippen MR) is 126 cm³/mol. The average Bonchev–Trinajstić information content (AvgIpc) is 2.86. The van der Waals surface area contributed by atoms with Crippen molar-refractivity contribution >= 4 is 5.91 Å². The van der Waals surface area contributed by atoms with Crippen molar-refractivity contribution in [1.29, 1.82) is 0 Å². The summed E-state index contributed by atoms with van der Waals surface area (Å²) in [5, 5.41) is 3.51. The van der Waals surface area contributed by atoms with Crippen molar-refractivity contribution in [3.05, 3.63) is 95.1 Å². The lowest BCUT2D eigenvalue weighted by Gasteiger charge is -2.33. The van der Waals surface area contributed by atoms with Crippen LogP contribution in [0, 0.1) is 0 Å². The molecule has 0 aliphatic carbocycles. The van der Waals surface area contributed by atoms with E-state index in [1.807, 2.05) is 53.4 Å². The molecule has 0 saturated carbocycles. The molecule has 1 aliphatic rings. The summed E-state index contributed by atoms with van der Waals surface area (Å²) < 4.78 is 10.9. The van der Waals surface area contributed by atoms with Crippen LogP contribution in [-0.2, 0) is 30.7 Å². The van der Waals surface area contributed by atoms with Crippen LogP contribution in [0.15, 0.2) is 72.8 Å². The van der Waals surface area contributed by atoms with E-state index in [4.69, 9.17) is 9.47 Å². The lowest BCUT2D eigenvalue weighted by atomic mass is 9.97. The Kier molecular flexibility index (Phi) is 7.07. The molecular formula is C27H30N2O3. The lowest BCUT2D eigenvalue weighted by molar-refractivity contribution is -0.134. The number of carbonyl (C=O) groups excluding carboxylic acids is 1. The van der Waals surface area contributed by atoms with E-state index in [0.717, 1.165) is 23.3 Å². The van der Waals surface area contributed by atoms with Gasteiger partial charge in [-0.05, 0) is 47.2 Å². The number of rotatable bonds is 8. The van der Waals surface area contributed by atoms with Crippen LogP contribution in [0.5, 0.6) is 11.5 Å². The van der Waals surface area contributed by atoms with Gasteiger partial charge in [-0.25, -0.2) is 0 Å². The Balaban J connectivity index is 1.52. The summed E-state index contributed by atoms with van der Waals surface area (Å²) in [6, 6.07) is 24.1. The average molecular weight is 431 g/mol. The van der Waals surface area contributed by atoms with E-state index in [9.17, 15) is 4.79 Å². The van der Waals surface area contributed by atoms with E-state index in [2.05, 4.69) is 29.6 Å². The minimum Gasteiger partial charge on any atom is -0.493 e. The van der Waals surface area contributed by atoms with E-state index in [1.165, 1.54) is 11.1 Å². The number of methoxy groups -OCH3 is 2. The molecule has 5 heteroatoms. The Labute approximate surface area is 190 Å². The van der Waals surface area contributed by atoms with Crippen LogP contribution >= 0.6 is 0 Å². The zero-order valence-corrected chi connectivity index (χ0v) is 18.7. The minimum absolute atomic E-state index is 0.130. The number of hydrogen-bond acceptors (Lipinski definition) is 4. The molecule has 1 heterocycles. The zero-order valence-electron chi connectivity index (χ0n) is 18.7. The minimum atomic E-state index is -0.292. The summed E-state index contributed by atoms with van der Waals surface area (Å²) in [6.45, 7) is 1.92. The SMILES string of the molecule is COc1cc2c(cc1OC)CN(C(=O)[C@H](Cc1ccccc1)NCc1ccccc1)CC2. The Morgan fingerprint density at radius 3 is 2.12 bits per heavy atom. The first-order chi connectivity index (χ1) is 15.7. The van der Waals surface area contributed by atoms with E-state index in [0.29, 0.717) is 31.8 Å². The Bertz CT molecular complexity index is 1040. The molecule has 3 aromatic rings. The number of fused-ring (bicyclic) bond motifs is 1. The summed E-state index contributed by atoms with van der Waals surface area (Å²) in [5.41, 5.74) is 4.64. The molecule has 1 aliphatic heterocycles. The molecule has 4 rings (SSSR count). The highest BCUT2D eigenvalue weighted by atomic mass is 16.5. The molecule has 1 N–H and O–H groups in total. The van der Waals surface area contributed by atoms with Gasteiger partial charge in [-0.3, -0.25) is 4.79 Å². The van der Waals surface area contributed by atoms with Crippen LogP contribution in [0.1, 0.15) is 22.3 Å². The van der Waals surface area contributed by atoms with Gasteiger partial charge in [0.25, 0.3) is 0 Å². The largest absolute Gasteiger partial charge is 0.493 e. The summed E-state index contributed by atoms with van der Waals surface area (Å²) in [4.78, 5) is 15.6. The highest BCUT2D eigenvalue weighted by molar-refractivity contribution is 5.82. The van der Waals surface area contributed by atoms with E-state index in [1.54, 1.807) is 14.2 Å². The standard InChI is InChI=1S/C27H30N2O3/c1-31-25-16-22-13-14-29(19-23(22)17-26(25)32-2)27(30)24(15-20-9-5-3-6-10-20)28-18-21-11-7-4-8-12-21/h3-12,16-17,24,28H,13-15,18-19H2,1-2H3/t24-/m0/s1. The van der Waals surface area contributed by atoms with Crippen molar-refractivity contribution in [2.45, 2.75) is 32.0 Å². The fourth-order valence-corrected chi connectivity index (χ4v) is 4.23. The first-order valence-electron chi connectivity index (χ1n) is 11.0. The molecule has 32 heavy (non-hydrogen) atoms. The van der Waals surface area contributed by atoms with Gasteiger partial charge in [-0.15, -0.1) is 0 Å². The van der Waals surface area contributed by atoms with E-state index < -0.39 is 0 Å². The second-order valence-electron chi connectivity index (χ2n) is 8.09. The third kappa shape index (κ3) is 5.11. The van der Waals surface area contributed by atoms with Crippen molar-refractivity contribution in [1.82, 2.24) is 10.2 Å². The molecule has 0 unspecified atom stereocenters. The number of carbonyl (C=O) groups is 1. The summed E-state index contributed by atoms with van der Waals surface area (Å²) in [6.07, 6.45) is 1.46. The maximum Gasteiger partial charge on any atom is 0.240 e. The van der Waals surface area contributed by atoms with E-state index in [-0.39, 0.29) is 11.9 Å². The topological polar surface area (TPSA) is 50.8 Å². The number of benzene rings is 3. The number of ether oxygens (including phenoxy) is 2. The third-order valence-electron chi connectivity index (χ3n) is 6.01. The normalized spacial score (nSPS) is 13.9. The highest BCUT2D eigenvalue weighted by Gasteiger charge is 2.28. The van der Waals surface area contributed by atoms with Gasteiger partial charge in [0.05, 0.1) is 20.3 Å². The highest BCUT2D eigenvalue weighted by Crippen LogP contribution is 2.33. The van der Waals surface area contributed by atoms with Crippen LogP contribution in [0.4, 0.5) is 0 Å². The molecular weight excluding hydrogens is 400 g/mol. The van der Waals surface area contributed by atoms with Gasteiger partial charge in [0, 0.05) is 19.6 Å². The number of nitrogens with zero attached hydrogens (tertiary/aromatic N) is 1. The van der Waals surface area contributed by atoms with Gasteiger partial charge in [0.1, 0.15) is 0 Å². The molecule has 3 aromatic carbocycles. The molecule has 5 nitrogen and oxygen atoms in total. The number of nitrogens with one attached hydrogen (secondary N) is 1. The second kappa shape index (κ2) is 10.3. The molecule has 0 fully saturated rings. The van der Waals surface area contributed by atoms with E-state index >= 15 is 0 Å². The Morgan fingerprint density at radius 2 is 1.50 bits per heavy atom. The van der Waals surface area contributed by atoms with Gasteiger partial charge >= 0.3 is 0 Å². The van der Waals surface area contributed by atoms with Crippen molar-refractivity contribution in [2.24, 2.45) is 0 Å². The first kappa shape index (κ1) is 21.9. The van der Waals surface area contributed by atoms with Crippen LogP contribution in [-0.4, -0.2) is 37.6 Å². The molecule has 166 valence electrons. The predicted octanol–water partition coefficient (Wildman–Crippen LogP) is 3.99. The smallest absolute Gasteiger partial charge is 0.240 e. The third-order valence-corrected chi connectivity index (χ3v) is 6.01. The van der Waals surface area contributed by atoms with Gasteiger partial charge in [0.2, 0.25) is 5.91 Å². The van der Waals surface area contributed by atoms with Gasteiger partial charge in [-0.2, -0.15) is 0 Å². The molecule has 1 atom stereocenters. The van der Waals surface area contributed by atoms with Gasteiger partial charge in [0.15, 0.2) is 11.5 Å². The lowest BCUT2D eigenvalue weighted by Crippen LogP contribution is -2.49. The second-order valence-corrected chi connectivity index (χ2v) is 8.09. The fourth-order valence-electron chi connectivity index (χ4n) is 4.23. The van der Waals surface area contributed by atoms with Crippen LogP contribution < -0.4 is 14.8 Å². The first-order valence-corrected chi connectivity index (χ1v) is 11.0. The monoisotopic (exact) mass is 430 g/mol. The van der Waals surface area contributed by atoms with Gasteiger partial charge in [-0.1, -0.05) is 60.7 Å². The Morgan fingerprint density at radius 1 is 0.906 bits per heavy atom. The summed E-state index contributed by atoms with van der Waals surface area (Å²) in [7, 11) is 3.29. The van der Waals surface area contributed by atoms with Crippen LogP contribution in [0.3, 0.4) is 0 Å². The zero-order chi connectivity index (χ0) is 22.3.